The van der Waals surface area contributed by atoms with Crippen LogP contribution in [0.15, 0.2) is 0 Å². The van der Waals surface area contributed by atoms with Crippen molar-refractivity contribution in [3.8, 4) is 0 Å². The summed E-state index contributed by atoms with van der Waals surface area (Å²) in [6.07, 6.45) is 5.74. The molecule has 3 unspecified atom stereocenters. The molecule has 0 heterocycles. The maximum absolute atomic E-state index is 11.4. The Kier molecular flexibility index (Phi) is 3.38. The molecule has 0 bridgehead atoms. The highest BCUT2D eigenvalue weighted by Crippen LogP contribution is 2.37. The molecule has 0 spiro atoms. The van der Waals surface area contributed by atoms with Crippen LogP contribution in [0.25, 0.3) is 0 Å². The van der Waals surface area contributed by atoms with E-state index in [-0.39, 0.29) is 5.25 Å². The van der Waals surface area contributed by atoms with E-state index in [1.54, 1.807) is 0 Å². The molecule has 0 amide bonds. The third kappa shape index (κ3) is 2.70. The van der Waals surface area contributed by atoms with Gasteiger partial charge in [-0.1, -0.05) is 26.7 Å². The molecule has 0 aromatic rings. The zero-order chi connectivity index (χ0) is 10.1. The van der Waals surface area contributed by atoms with Crippen LogP contribution in [0.2, 0.25) is 0 Å². The third-order valence-corrected chi connectivity index (χ3v) is 4.91. The van der Waals surface area contributed by atoms with Crippen molar-refractivity contribution in [2.75, 3.05) is 6.26 Å². The Balaban J connectivity index is 2.62. The fraction of sp³-hybridized carbons (Fsp3) is 1.00. The standard InChI is InChI=1S/C10H20O2S/c1-4-5-9-6-8(2)10(7-9)13(3,11)12/h8-10H,4-7H2,1-3H3. The van der Waals surface area contributed by atoms with Crippen LogP contribution in [0.1, 0.15) is 39.5 Å². The number of hydrogen-bond donors (Lipinski definition) is 0. The summed E-state index contributed by atoms with van der Waals surface area (Å²) >= 11 is 0. The minimum absolute atomic E-state index is 0.0657. The van der Waals surface area contributed by atoms with Crippen molar-refractivity contribution < 1.29 is 8.42 Å². The minimum Gasteiger partial charge on any atom is -0.229 e. The maximum Gasteiger partial charge on any atom is 0.150 e. The molecule has 0 radical (unpaired) electrons. The summed E-state index contributed by atoms with van der Waals surface area (Å²) in [6.45, 7) is 4.24. The van der Waals surface area contributed by atoms with Crippen LogP contribution < -0.4 is 0 Å². The number of rotatable bonds is 3. The number of hydrogen-bond acceptors (Lipinski definition) is 2. The zero-order valence-corrected chi connectivity index (χ0v) is 9.60. The van der Waals surface area contributed by atoms with E-state index in [4.69, 9.17) is 0 Å². The molecule has 13 heavy (non-hydrogen) atoms. The van der Waals surface area contributed by atoms with Crippen LogP contribution in [-0.4, -0.2) is 19.9 Å². The van der Waals surface area contributed by atoms with Crippen LogP contribution in [0.4, 0.5) is 0 Å². The first-order valence-corrected chi connectivity index (χ1v) is 7.09. The van der Waals surface area contributed by atoms with Gasteiger partial charge in [-0.2, -0.15) is 0 Å². The van der Waals surface area contributed by atoms with Gasteiger partial charge in [0, 0.05) is 6.26 Å². The lowest BCUT2D eigenvalue weighted by Gasteiger charge is -2.11. The monoisotopic (exact) mass is 204 g/mol. The first-order valence-electron chi connectivity index (χ1n) is 5.14. The molecule has 3 atom stereocenters. The lowest BCUT2D eigenvalue weighted by Crippen LogP contribution is -2.22. The summed E-state index contributed by atoms with van der Waals surface area (Å²) < 4.78 is 22.8. The molecule has 0 aromatic carbocycles. The molecule has 0 N–H and O–H groups in total. The highest BCUT2D eigenvalue weighted by Gasteiger charge is 2.36. The van der Waals surface area contributed by atoms with Crippen molar-refractivity contribution >= 4 is 9.84 Å². The zero-order valence-electron chi connectivity index (χ0n) is 8.79. The minimum atomic E-state index is -2.80. The van der Waals surface area contributed by atoms with Gasteiger partial charge in [-0.25, -0.2) is 8.42 Å². The SMILES string of the molecule is CCCC1CC(C)C(S(C)(=O)=O)C1. The molecule has 0 saturated heterocycles. The van der Waals surface area contributed by atoms with Gasteiger partial charge < -0.3 is 0 Å². The first-order chi connectivity index (χ1) is 5.95. The lowest BCUT2D eigenvalue weighted by atomic mass is 10.0. The van der Waals surface area contributed by atoms with Gasteiger partial charge >= 0.3 is 0 Å². The van der Waals surface area contributed by atoms with Crippen molar-refractivity contribution in [2.24, 2.45) is 11.8 Å². The van der Waals surface area contributed by atoms with Crippen molar-refractivity contribution in [3.63, 3.8) is 0 Å². The van der Waals surface area contributed by atoms with Crippen LogP contribution in [-0.2, 0) is 9.84 Å². The second kappa shape index (κ2) is 3.99. The first kappa shape index (κ1) is 11.0. The molecule has 0 aliphatic heterocycles. The van der Waals surface area contributed by atoms with E-state index in [1.165, 1.54) is 19.1 Å². The summed E-state index contributed by atoms with van der Waals surface area (Å²) in [4.78, 5) is 0. The molecule has 78 valence electrons. The summed E-state index contributed by atoms with van der Waals surface area (Å²) in [5.74, 6) is 1.02. The molecular formula is C10H20O2S. The van der Waals surface area contributed by atoms with Gasteiger partial charge in [0.05, 0.1) is 5.25 Å². The Morgan fingerprint density at radius 1 is 1.31 bits per heavy atom. The number of sulfone groups is 1. The Labute approximate surface area is 81.6 Å². The second-order valence-electron chi connectivity index (χ2n) is 4.47. The topological polar surface area (TPSA) is 34.1 Å². The highest BCUT2D eigenvalue weighted by atomic mass is 32.2. The van der Waals surface area contributed by atoms with E-state index < -0.39 is 9.84 Å². The average Bonchev–Trinajstić information content (AvgIpc) is 2.30. The largest absolute Gasteiger partial charge is 0.229 e. The van der Waals surface area contributed by atoms with E-state index in [0.717, 1.165) is 12.8 Å². The Hall–Kier alpha value is -0.0500. The molecule has 1 rings (SSSR count). The molecule has 3 heteroatoms. The van der Waals surface area contributed by atoms with Crippen LogP contribution in [0, 0.1) is 11.8 Å². The summed E-state index contributed by atoms with van der Waals surface area (Å²) in [5.41, 5.74) is 0. The Morgan fingerprint density at radius 3 is 2.31 bits per heavy atom. The van der Waals surface area contributed by atoms with Gasteiger partial charge in [0.1, 0.15) is 0 Å². The predicted molar refractivity (Wildman–Crippen MR) is 55.4 cm³/mol. The van der Waals surface area contributed by atoms with Crippen molar-refractivity contribution in [3.05, 3.63) is 0 Å². The Morgan fingerprint density at radius 2 is 1.92 bits per heavy atom. The van der Waals surface area contributed by atoms with E-state index in [0.29, 0.717) is 11.8 Å². The second-order valence-corrected chi connectivity index (χ2v) is 6.74. The van der Waals surface area contributed by atoms with Gasteiger partial charge in [-0.15, -0.1) is 0 Å². The van der Waals surface area contributed by atoms with Gasteiger partial charge in [0.15, 0.2) is 9.84 Å². The Bertz CT molecular complexity index is 256. The van der Waals surface area contributed by atoms with Gasteiger partial charge in [-0.3, -0.25) is 0 Å². The van der Waals surface area contributed by atoms with E-state index >= 15 is 0 Å². The smallest absolute Gasteiger partial charge is 0.150 e. The molecule has 1 aliphatic rings. The van der Waals surface area contributed by atoms with Crippen molar-refractivity contribution in [2.45, 2.75) is 44.8 Å². The fourth-order valence-corrected chi connectivity index (χ4v) is 4.15. The molecule has 1 aliphatic carbocycles. The molecule has 0 aromatic heterocycles. The molecular weight excluding hydrogens is 184 g/mol. The molecule has 2 nitrogen and oxygen atoms in total. The summed E-state index contributed by atoms with van der Waals surface area (Å²) in [5, 5.41) is -0.0657. The lowest BCUT2D eigenvalue weighted by molar-refractivity contribution is 0.474. The van der Waals surface area contributed by atoms with Crippen LogP contribution >= 0.6 is 0 Å². The normalized spacial score (nSPS) is 35.2. The third-order valence-electron chi connectivity index (χ3n) is 3.15. The quantitative estimate of drug-likeness (QED) is 0.706. The van der Waals surface area contributed by atoms with Gasteiger partial charge in [0.25, 0.3) is 0 Å². The van der Waals surface area contributed by atoms with E-state index in [9.17, 15) is 8.42 Å². The van der Waals surface area contributed by atoms with Crippen molar-refractivity contribution in [1.29, 1.82) is 0 Å². The highest BCUT2D eigenvalue weighted by molar-refractivity contribution is 7.91. The van der Waals surface area contributed by atoms with Crippen LogP contribution in [0.3, 0.4) is 0 Å². The molecule has 1 fully saturated rings. The maximum atomic E-state index is 11.4. The fourth-order valence-electron chi connectivity index (χ4n) is 2.58. The van der Waals surface area contributed by atoms with Crippen molar-refractivity contribution in [1.82, 2.24) is 0 Å². The summed E-state index contributed by atoms with van der Waals surface area (Å²) in [7, 11) is -2.80. The average molecular weight is 204 g/mol. The van der Waals surface area contributed by atoms with Crippen LogP contribution in [0.5, 0.6) is 0 Å². The van der Waals surface area contributed by atoms with Gasteiger partial charge in [0.2, 0.25) is 0 Å². The predicted octanol–water partition coefficient (Wildman–Crippen LogP) is 2.25. The van der Waals surface area contributed by atoms with E-state index in [1.807, 2.05) is 0 Å². The molecule has 1 saturated carbocycles. The summed E-state index contributed by atoms with van der Waals surface area (Å²) in [6, 6.07) is 0. The van der Waals surface area contributed by atoms with Gasteiger partial charge in [-0.05, 0) is 24.7 Å². The van der Waals surface area contributed by atoms with E-state index in [2.05, 4.69) is 13.8 Å².